The molecular weight excluding hydrogens is 494 g/mol. The number of benzene rings is 2. The Hall–Kier alpha value is -3.10. The van der Waals surface area contributed by atoms with E-state index in [-0.39, 0.29) is 29.8 Å². The molecule has 200 valence electrons. The summed E-state index contributed by atoms with van der Waals surface area (Å²) in [4.78, 5) is 38.1. The van der Waals surface area contributed by atoms with Gasteiger partial charge in [-0.15, -0.1) is 0 Å². The smallest absolute Gasteiger partial charge is 0.408 e. The molecule has 37 heavy (non-hydrogen) atoms. The van der Waals surface area contributed by atoms with Crippen molar-refractivity contribution in [3.05, 3.63) is 70.7 Å². The zero-order valence-corrected chi connectivity index (χ0v) is 22.3. The van der Waals surface area contributed by atoms with Crippen LogP contribution >= 0.6 is 11.6 Å². The van der Waals surface area contributed by atoms with Gasteiger partial charge in [-0.1, -0.05) is 67.9 Å². The first-order valence-electron chi connectivity index (χ1n) is 12.7. The quantitative estimate of drug-likeness (QED) is 0.359. The molecule has 9 heteroatoms. The van der Waals surface area contributed by atoms with E-state index >= 15 is 0 Å². The van der Waals surface area contributed by atoms with Crippen molar-refractivity contribution in [3.63, 3.8) is 0 Å². The predicted octanol–water partition coefficient (Wildman–Crippen LogP) is 4.90. The number of amides is 3. The molecule has 3 N–H and O–H groups in total. The van der Waals surface area contributed by atoms with Gasteiger partial charge >= 0.3 is 6.09 Å². The lowest BCUT2D eigenvalue weighted by atomic mass is 9.98. The summed E-state index contributed by atoms with van der Waals surface area (Å²) in [6.07, 6.45) is 0.109. The van der Waals surface area contributed by atoms with Crippen molar-refractivity contribution in [3.8, 4) is 0 Å². The molecule has 2 aromatic carbocycles. The zero-order chi connectivity index (χ0) is 26.9. The Morgan fingerprint density at radius 1 is 1.11 bits per heavy atom. The molecule has 0 bridgehead atoms. The molecule has 3 amide bonds. The minimum atomic E-state index is -0.987. The van der Waals surface area contributed by atoms with Crippen LogP contribution in [0.5, 0.6) is 0 Å². The molecule has 1 heterocycles. The summed E-state index contributed by atoms with van der Waals surface area (Å²) in [6.45, 7) is 5.99. The van der Waals surface area contributed by atoms with Gasteiger partial charge in [0.2, 0.25) is 5.91 Å². The Morgan fingerprint density at radius 2 is 1.84 bits per heavy atom. The molecule has 2 aromatic rings. The second-order valence-electron chi connectivity index (χ2n) is 10.1. The molecule has 1 fully saturated rings. The number of hydroxylamine groups is 2. The molecule has 1 aliphatic rings. The monoisotopic (exact) mass is 529 g/mol. The average Bonchev–Trinajstić information content (AvgIpc) is 3.15. The molecule has 0 aliphatic carbocycles. The average molecular weight is 530 g/mol. The fourth-order valence-electron chi connectivity index (χ4n) is 4.54. The molecular formula is C28H36ClN3O5. The van der Waals surface area contributed by atoms with Gasteiger partial charge in [-0.3, -0.25) is 14.8 Å². The van der Waals surface area contributed by atoms with E-state index in [9.17, 15) is 19.6 Å². The van der Waals surface area contributed by atoms with Crippen LogP contribution in [0, 0.1) is 11.8 Å². The molecule has 1 unspecified atom stereocenters. The first-order chi connectivity index (χ1) is 17.6. The van der Waals surface area contributed by atoms with Crippen molar-refractivity contribution >= 4 is 29.5 Å². The number of halogens is 1. The van der Waals surface area contributed by atoms with E-state index in [0.29, 0.717) is 37.3 Å². The van der Waals surface area contributed by atoms with Crippen LogP contribution in [0.3, 0.4) is 0 Å². The van der Waals surface area contributed by atoms with E-state index in [4.69, 9.17) is 16.3 Å². The lowest BCUT2D eigenvalue weighted by Crippen LogP contribution is -2.45. The summed E-state index contributed by atoms with van der Waals surface area (Å²) in [6, 6.07) is 16.3. The van der Waals surface area contributed by atoms with Gasteiger partial charge in [-0.2, -0.15) is 0 Å². The zero-order valence-electron chi connectivity index (χ0n) is 21.5. The number of hydrogen-bond donors (Lipinski definition) is 3. The predicted molar refractivity (Wildman–Crippen MR) is 141 cm³/mol. The van der Waals surface area contributed by atoms with Gasteiger partial charge in [-0.05, 0) is 61.8 Å². The Bertz CT molecular complexity index is 1060. The standard InChI is InChI=1S/C28H36ClN3O5/c1-18(2)14-25(26(33)30-19(3)15-22-12-13-32(36)27(22)34)37-28(35)31-24(21-9-5-4-6-10-21)17-20-8-7-11-23(29)16-20/h4-11,16,18-19,22,24-25,36H,12-15,17H2,1-3H3,(H,30,33)(H,31,35)/t19-,22-,24?,25-/m0/s1. The topological polar surface area (TPSA) is 108 Å². The minimum absolute atomic E-state index is 0.106. The maximum atomic E-state index is 13.1. The van der Waals surface area contributed by atoms with E-state index in [1.807, 2.05) is 62.4 Å². The number of nitrogens with zero attached hydrogens (tertiary/aromatic N) is 1. The summed E-state index contributed by atoms with van der Waals surface area (Å²) >= 11 is 6.15. The molecule has 1 saturated heterocycles. The van der Waals surface area contributed by atoms with Crippen LogP contribution in [0.15, 0.2) is 54.6 Å². The van der Waals surface area contributed by atoms with Crippen LogP contribution < -0.4 is 10.6 Å². The normalized spacial score (nSPS) is 17.8. The number of hydrogen-bond acceptors (Lipinski definition) is 5. The van der Waals surface area contributed by atoms with Crippen LogP contribution in [0.4, 0.5) is 4.79 Å². The number of carbonyl (C=O) groups excluding carboxylic acids is 3. The van der Waals surface area contributed by atoms with Crippen LogP contribution in [0.1, 0.15) is 57.2 Å². The minimum Gasteiger partial charge on any atom is -0.436 e. The van der Waals surface area contributed by atoms with Crippen molar-refractivity contribution in [2.24, 2.45) is 11.8 Å². The second-order valence-corrected chi connectivity index (χ2v) is 10.5. The highest BCUT2D eigenvalue weighted by molar-refractivity contribution is 6.30. The molecule has 0 saturated carbocycles. The molecule has 0 spiro atoms. The number of carbonyl (C=O) groups is 3. The third-order valence-corrected chi connectivity index (χ3v) is 6.60. The van der Waals surface area contributed by atoms with Gasteiger partial charge in [0, 0.05) is 23.5 Å². The second kappa shape index (κ2) is 13.4. The van der Waals surface area contributed by atoms with Crippen molar-refractivity contribution in [2.45, 2.75) is 64.6 Å². The third-order valence-electron chi connectivity index (χ3n) is 6.37. The largest absolute Gasteiger partial charge is 0.436 e. The maximum Gasteiger partial charge on any atom is 0.408 e. The fraction of sp³-hybridized carbons (Fsp3) is 0.464. The molecule has 4 atom stereocenters. The SMILES string of the molecule is CC(C)C[C@H](OC(=O)NC(Cc1cccc(Cl)c1)c1ccccc1)C(=O)N[C@@H](C)C[C@@H]1CCN(O)C1=O. The summed E-state index contributed by atoms with van der Waals surface area (Å²) < 4.78 is 5.64. The third kappa shape index (κ3) is 8.76. The van der Waals surface area contributed by atoms with Gasteiger partial charge in [0.1, 0.15) is 0 Å². The Balaban J connectivity index is 1.65. The summed E-state index contributed by atoms with van der Waals surface area (Å²) in [5, 5.41) is 16.7. The van der Waals surface area contributed by atoms with E-state index in [1.165, 1.54) is 0 Å². The fourth-order valence-corrected chi connectivity index (χ4v) is 4.76. The van der Waals surface area contributed by atoms with Crippen LogP contribution in [0.2, 0.25) is 5.02 Å². The van der Waals surface area contributed by atoms with Crippen molar-refractivity contribution in [1.82, 2.24) is 15.7 Å². The number of alkyl carbamates (subject to hydrolysis) is 1. The van der Waals surface area contributed by atoms with Gasteiger partial charge in [-0.25, -0.2) is 9.86 Å². The highest BCUT2D eigenvalue weighted by atomic mass is 35.5. The highest BCUT2D eigenvalue weighted by Gasteiger charge is 2.33. The van der Waals surface area contributed by atoms with E-state index in [2.05, 4.69) is 10.6 Å². The van der Waals surface area contributed by atoms with Gasteiger partial charge in [0.25, 0.3) is 5.91 Å². The molecule has 8 nitrogen and oxygen atoms in total. The molecule has 1 aliphatic heterocycles. The summed E-state index contributed by atoms with van der Waals surface area (Å²) in [5.74, 6) is -0.975. The first-order valence-corrected chi connectivity index (χ1v) is 13.1. The summed E-state index contributed by atoms with van der Waals surface area (Å²) in [7, 11) is 0. The number of ether oxygens (including phenoxy) is 1. The highest BCUT2D eigenvalue weighted by Crippen LogP contribution is 2.23. The van der Waals surface area contributed by atoms with E-state index in [0.717, 1.165) is 16.2 Å². The van der Waals surface area contributed by atoms with Crippen molar-refractivity contribution < 1.29 is 24.3 Å². The number of rotatable bonds is 11. The van der Waals surface area contributed by atoms with Gasteiger partial charge in [0.15, 0.2) is 6.10 Å². The van der Waals surface area contributed by atoms with Crippen LogP contribution in [0.25, 0.3) is 0 Å². The summed E-state index contributed by atoms with van der Waals surface area (Å²) in [5.41, 5.74) is 1.85. The lowest BCUT2D eigenvalue weighted by molar-refractivity contribution is -0.160. The van der Waals surface area contributed by atoms with E-state index in [1.54, 1.807) is 13.0 Å². The van der Waals surface area contributed by atoms with Crippen LogP contribution in [-0.2, 0) is 20.7 Å². The van der Waals surface area contributed by atoms with Crippen molar-refractivity contribution in [1.29, 1.82) is 0 Å². The molecule has 3 rings (SSSR count). The van der Waals surface area contributed by atoms with Crippen molar-refractivity contribution in [2.75, 3.05) is 6.54 Å². The Kier molecular flexibility index (Phi) is 10.3. The van der Waals surface area contributed by atoms with Crippen LogP contribution in [-0.4, -0.2) is 46.9 Å². The van der Waals surface area contributed by atoms with E-state index < -0.39 is 18.1 Å². The molecule has 0 aromatic heterocycles. The first kappa shape index (κ1) is 28.5. The maximum absolute atomic E-state index is 13.1. The Labute approximate surface area is 223 Å². The molecule has 0 radical (unpaired) electrons. The lowest BCUT2D eigenvalue weighted by Gasteiger charge is -2.25. The Morgan fingerprint density at radius 3 is 2.46 bits per heavy atom. The van der Waals surface area contributed by atoms with Gasteiger partial charge in [0.05, 0.1) is 6.04 Å². The van der Waals surface area contributed by atoms with Gasteiger partial charge < -0.3 is 15.4 Å². The number of nitrogens with one attached hydrogen (secondary N) is 2.